The second-order valence-electron chi connectivity index (χ2n) is 5.26. The van der Waals surface area contributed by atoms with Crippen LogP contribution in [0.3, 0.4) is 0 Å². The van der Waals surface area contributed by atoms with E-state index >= 15 is 0 Å². The SMILES string of the molecule is CCc1ccc(-c2oncc2CN2CCNCC2)cc1. The highest BCUT2D eigenvalue weighted by atomic mass is 16.5. The van der Waals surface area contributed by atoms with E-state index in [-0.39, 0.29) is 0 Å². The number of rotatable bonds is 4. The molecule has 106 valence electrons. The van der Waals surface area contributed by atoms with Crippen LogP contribution < -0.4 is 5.32 Å². The number of aryl methyl sites for hydroxylation is 1. The van der Waals surface area contributed by atoms with Crippen LogP contribution >= 0.6 is 0 Å². The largest absolute Gasteiger partial charge is 0.356 e. The Hall–Kier alpha value is -1.65. The van der Waals surface area contributed by atoms with Gasteiger partial charge in [0.2, 0.25) is 0 Å². The third kappa shape index (κ3) is 2.92. The van der Waals surface area contributed by atoms with Gasteiger partial charge in [0, 0.05) is 43.9 Å². The lowest BCUT2D eigenvalue weighted by atomic mass is 10.1. The van der Waals surface area contributed by atoms with E-state index in [1.165, 1.54) is 11.1 Å². The van der Waals surface area contributed by atoms with Crippen LogP contribution in [0.4, 0.5) is 0 Å². The Kier molecular flexibility index (Phi) is 4.14. The zero-order chi connectivity index (χ0) is 13.8. The average molecular weight is 271 g/mol. The first-order valence-electron chi connectivity index (χ1n) is 7.32. The molecule has 0 radical (unpaired) electrons. The summed E-state index contributed by atoms with van der Waals surface area (Å²) in [5.41, 5.74) is 3.64. The van der Waals surface area contributed by atoms with Gasteiger partial charge < -0.3 is 9.84 Å². The van der Waals surface area contributed by atoms with E-state index in [1.807, 2.05) is 6.20 Å². The quantitative estimate of drug-likeness (QED) is 0.926. The monoisotopic (exact) mass is 271 g/mol. The lowest BCUT2D eigenvalue weighted by Gasteiger charge is -2.26. The normalized spacial score (nSPS) is 16.4. The van der Waals surface area contributed by atoms with Gasteiger partial charge in [0.05, 0.1) is 6.20 Å². The predicted molar refractivity (Wildman–Crippen MR) is 79.5 cm³/mol. The summed E-state index contributed by atoms with van der Waals surface area (Å²) in [6, 6.07) is 8.57. The fraction of sp³-hybridized carbons (Fsp3) is 0.438. The van der Waals surface area contributed by atoms with Gasteiger partial charge in [-0.25, -0.2) is 0 Å². The molecule has 1 N–H and O–H groups in total. The first-order valence-corrected chi connectivity index (χ1v) is 7.32. The Labute approximate surface area is 119 Å². The van der Waals surface area contributed by atoms with Crippen LogP contribution in [0.1, 0.15) is 18.1 Å². The van der Waals surface area contributed by atoms with Crippen molar-refractivity contribution >= 4 is 0 Å². The summed E-state index contributed by atoms with van der Waals surface area (Å²) in [5.74, 6) is 0.909. The fourth-order valence-corrected chi connectivity index (χ4v) is 2.61. The molecule has 0 unspecified atom stereocenters. The Balaban J connectivity index is 1.77. The number of benzene rings is 1. The van der Waals surface area contributed by atoms with Gasteiger partial charge in [0.1, 0.15) is 0 Å². The van der Waals surface area contributed by atoms with E-state index in [4.69, 9.17) is 4.52 Å². The smallest absolute Gasteiger partial charge is 0.171 e. The molecular formula is C16H21N3O. The van der Waals surface area contributed by atoms with Crippen molar-refractivity contribution in [3.8, 4) is 11.3 Å². The number of piperazine rings is 1. The number of hydrogen-bond acceptors (Lipinski definition) is 4. The Bertz CT molecular complexity index is 541. The molecule has 4 nitrogen and oxygen atoms in total. The molecule has 1 aromatic heterocycles. The zero-order valence-electron chi connectivity index (χ0n) is 11.9. The summed E-state index contributed by atoms with van der Waals surface area (Å²) in [6.45, 7) is 7.37. The summed E-state index contributed by atoms with van der Waals surface area (Å²) in [4.78, 5) is 2.44. The molecule has 1 aliphatic rings. The molecule has 20 heavy (non-hydrogen) atoms. The first kappa shape index (κ1) is 13.3. The van der Waals surface area contributed by atoms with Crippen LogP contribution in [0.5, 0.6) is 0 Å². The maximum Gasteiger partial charge on any atom is 0.171 e. The standard InChI is InChI=1S/C16H21N3O/c1-2-13-3-5-14(6-4-13)16-15(11-18-20-16)12-19-9-7-17-8-10-19/h3-6,11,17H,2,7-10,12H2,1H3. The summed E-state index contributed by atoms with van der Waals surface area (Å²) in [5, 5.41) is 7.36. The van der Waals surface area contributed by atoms with E-state index in [1.54, 1.807) is 0 Å². The summed E-state index contributed by atoms with van der Waals surface area (Å²) < 4.78 is 5.47. The number of nitrogens with one attached hydrogen (secondary N) is 1. The lowest BCUT2D eigenvalue weighted by molar-refractivity contribution is 0.233. The van der Waals surface area contributed by atoms with Crippen molar-refractivity contribution in [2.45, 2.75) is 19.9 Å². The minimum Gasteiger partial charge on any atom is -0.356 e. The van der Waals surface area contributed by atoms with Crippen molar-refractivity contribution in [3.63, 3.8) is 0 Å². The molecule has 1 saturated heterocycles. The second-order valence-corrected chi connectivity index (χ2v) is 5.26. The molecule has 2 heterocycles. The molecule has 0 spiro atoms. The zero-order valence-corrected chi connectivity index (χ0v) is 11.9. The van der Waals surface area contributed by atoms with E-state index in [0.29, 0.717) is 0 Å². The maximum absolute atomic E-state index is 5.47. The first-order chi connectivity index (χ1) is 9.86. The molecule has 0 saturated carbocycles. The molecular weight excluding hydrogens is 250 g/mol. The van der Waals surface area contributed by atoms with Crippen LogP contribution in [0.2, 0.25) is 0 Å². The molecule has 2 aromatic rings. The van der Waals surface area contributed by atoms with Crippen molar-refractivity contribution in [2.75, 3.05) is 26.2 Å². The molecule has 0 atom stereocenters. The van der Waals surface area contributed by atoms with Crippen LogP contribution in [0.25, 0.3) is 11.3 Å². The van der Waals surface area contributed by atoms with Crippen LogP contribution in [-0.4, -0.2) is 36.2 Å². The van der Waals surface area contributed by atoms with Crippen molar-refractivity contribution < 1.29 is 4.52 Å². The van der Waals surface area contributed by atoms with Gasteiger partial charge in [0.15, 0.2) is 5.76 Å². The van der Waals surface area contributed by atoms with Gasteiger partial charge in [-0.15, -0.1) is 0 Å². The van der Waals surface area contributed by atoms with Gasteiger partial charge in [-0.2, -0.15) is 0 Å². The van der Waals surface area contributed by atoms with E-state index in [2.05, 4.69) is 46.6 Å². The van der Waals surface area contributed by atoms with Crippen molar-refractivity contribution in [2.24, 2.45) is 0 Å². The third-order valence-electron chi connectivity index (χ3n) is 3.87. The molecule has 1 aromatic carbocycles. The average Bonchev–Trinajstić information content (AvgIpc) is 2.96. The topological polar surface area (TPSA) is 41.3 Å². The minimum absolute atomic E-state index is 0.909. The van der Waals surface area contributed by atoms with E-state index < -0.39 is 0 Å². The highest BCUT2D eigenvalue weighted by Crippen LogP contribution is 2.25. The molecule has 4 heteroatoms. The number of nitrogens with zero attached hydrogens (tertiary/aromatic N) is 2. The number of aromatic nitrogens is 1. The fourth-order valence-electron chi connectivity index (χ4n) is 2.61. The van der Waals surface area contributed by atoms with Gasteiger partial charge in [-0.1, -0.05) is 36.3 Å². The van der Waals surface area contributed by atoms with Crippen molar-refractivity contribution in [3.05, 3.63) is 41.6 Å². The lowest BCUT2D eigenvalue weighted by Crippen LogP contribution is -2.42. The van der Waals surface area contributed by atoms with Gasteiger partial charge in [-0.3, -0.25) is 4.90 Å². The number of hydrogen-bond donors (Lipinski definition) is 1. The van der Waals surface area contributed by atoms with Crippen LogP contribution in [0.15, 0.2) is 35.0 Å². The van der Waals surface area contributed by atoms with Gasteiger partial charge in [0.25, 0.3) is 0 Å². The Morgan fingerprint density at radius 2 is 1.95 bits per heavy atom. The highest BCUT2D eigenvalue weighted by molar-refractivity contribution is 5.61. The summed E-state index contributed by atoms with van der Waals surface area (Å²) in [7, 11) is 0. The third-order valence-corrected chi connectivity index (χ3v) is 3.87. The van der Waals surface area contributed by atoms with Gasteiger partial charge >= 0.3 is 0 Å². The Morgan fingerprint density at radius 1 is 1.20 bits per heavy atom. The predicted octanol–water partition coefficient (Wildman–Crippen LogP) is 2.31. The molecule has 3 rings (SSSR count). The molecule has 0 amide bonds. The Morgan fingerprint density at radius 3 is 2.65 bits per heavy atom. The van der Waals surface area contributed by atoms with Crippen molar-refractivity contribution in [1.82, 2.24) is 15.4 Å². The highest BCUT2D eigenvalue weighted by Gasteiger charge is 2.16. The van der Waals surface area contributed by atoms with E-state index in [9.17, 15) is 0 Å². The maximum atomic E-state index is 5.47. The van der Waals surface area contributed by atoms with Crippen LogP contribution in [0, 0.1) is 0 Å². The second kappa shape index (κ2) is 6.20. The molecule has 0 bridgehead atoms. The van der Waals surface area contributed by atoms with E-state index in [0.717, 1.165) is 50.5 Å². The van der Waals surface area contributed by atoms with Crippen molar-refractivity contribution in [1.29, 1.82) is 0 Å². The molecule has 0 aliphatic carbocycles. The van der Waals surface area contributed by atoms with Crippen LogP contribution in [-0.2, 0) is 13.0 Å². The molecule has 1 fully saturated rings. The summed E-state index contributed by atoms with van der Waals surface area (Å²) in [6.07, 6.45) is 2.91. The summed E-state index contributed by atoms with van der Waals surface area (Å²) >= 11 is 0. The van der Waals surface area contributed by atoms with Gasteiger partial charge in [-0.05, 0) is 12.0 Å². The molecule has 1 aliphatic heterocycles. The minimum atomic E-state index is 0.909.